The molecule has 0 atom stereocenters. The van der Waals surface area contributed by atoms with Gasteiger partial charge in [0.25, 0.3) is 0 Å². The first kappa shape index (κ1) is 11.1. The van der Waals surface area contributed by atoms with Crippen LogP contribution in [0.25, 0.3) is 21.9 Å². The van der Waals surface area contributed by atoms with Gasteiger partial charge in [-0.1, -0.05) is 54.1 Å². The van der Waals surface area contributed by atoms with Gasteiger partial charge in [0.2, 0.25) is 0 Å². The van der Waals surface area contributed by atoms with Crippen LogP contribution < -0.4 is 0 Å². The Bertz CT molecular complexity index is 702. The van der Waals surface area contributed by atoms with E-state index in [9.17, 15) is 5.11 Å². The molecule has 1 N–H and O–H groups in total. The van der Waals surface area contributed by atoms with E-state index in [1.54, 1.807) is 12.1 Å². The molecular formula is C16H11ClO. The van der Waals surface area contributed by atoms with Crippen molar-refractivity contribution in [3.63, 3.8) is 0 Å². The van der Waals surface area contributed by atoms with Gasteiger partial charge in [-0.25, -0.2) is 0 Å². The number of fused-ring (bicyclic) bond motifs is 1. The van der Waals surface area contributed by atoms with E-state index in [1.807, 2.05) is 36.4 Å². The summed E-state index contributed by atoms with van der Waals surface area (Å²) in [6, 6.07) is 19.2. The topological polar surface area (TPSA) is 20.2 Å². The first-order valence-electron chi connectivity index (χ1n) is 5.72. The van der Waals surface area contributed by atoms with E-state index in [-0.39, 0.29) is 5.75 Å². The molecule has 0 aromatic heterocycles. The maximum atomic E-state index is 9.34. The summed E-state index contributed by atoms with van der Waals surface area (Å²) in [4.78, 5) is 0. The van der Waals surface area contributed by atoms with Crippen molar-refractivity contribution in [1.29, 1.82) is 0 Å². The van der Waals surface area contributed by atoms with Crippen molar-refractivity contribution >= 4 is 22.4 Å². The average Bonchev–Trinajstić information content (AvgIpc) is 2.40. The second kappa shape index (κ2) is 4.35. The van der Waals surface area contributed by atoms with Crippen molar-refractivity contribution in [2.75, 3.05) is 0 Å². The van der Waals surface area contributed by atoms with Crippen molar-refractivity contribution in [3.8, 4) is 16.9 Å². The maximum absolute atomic E-state index is 9.34. The molecule has 3 aromatic carbocycles. The van der Waals surface area contributed by atoms with E-state index in [4.69, 9.17) is 11.6 Å². The van der Waals surface area contributed by atoms with Crippen molar-refractivity contribution in [2.45, 2.75) is 0 Å². The van der Waals surface area contributed by atoms with Gasteiger partial charge in [-0.3, -0.25) is 0 Å². The average molecular weight is 255 g/mol. The van der Waals surface area contributed by atoms with Crippen LogP contribution in [0, 0.1) is 0 Å². The standard InChI is InChI=1S/C16H11ClO/c17-16-6-2-4-14-13(3-1-5-15(14)16)11-7-9-12(18)10-8-11/h1-10,18H. The fraction of sp³-hybridized carbons (Fsp3) is 0. The molecule has 88 valence electrons. The molecule has 0 unspecified atom stereocenters. The van der Waals surface area contributed by atoms with Gasteiger partial charge in [0.15, 0.2) is 0 Å². The maximum Gasteiger partial charge on any atom is 0.115 e. The lowest BCUT2D eigenvalue weighted by atomic mass is 9.98. The highest BCUT2D eigenvalue weighted by Gasteiger charge is 2.05. The number of phenols is 1. The van der Waals surface area contributed by atoms with Crippen LogP contribution in [0.5, 0.6) is 5.75 Å². The predicted octanol–water partition coefficient (Wildman–Crippen LogP) is 4.87. The van der Waals surface area contributed by atoms with Gasteiger partial charge >= 0.3 is 0 Å². The third-order valence-corrected chi connectivity index (χ3v) is 3.38. The molecule has 1 nitrogen and oxygen atoms in total. The molecule has 0 aliphatic heterocycles. The second-order valence-corrected chi connectivity index (χ2v) is 4.59. The molecule has 0 spiro atoms. The Kier molecular flexibility index (Phi) is 2.69. The predicted molar refractivity (Wildman–Crippen MR) is 76.1 cm³/mol. The second-order valence-electron chi connectivity index (χ2n) is 4.19. The van der Waals surface area contributed by atoms with E-state index in [0.717, 1.165) is 26.9 Å². The molecule has 0 aliphatic rings. The van der Waals surface area contributed by atoms with Crippen LogP contribution in [0.1, 0.15) is 0 Å². The van der Waals surface area contributed by atoms with Gasteiger partial charge in [0.1, 0.15) is 5.75 Å². The van der Waals surface area contributed by atoms with Crippen LogP contribution in [-0.4, -0.2) is 5.11 Å². The Morgan fingerprint density at radius 2 is 1.39 bits per heavy atom. The first-order chi connectivity index (χ1) is 8.75. The highest BCUT2D eigenvalue weighted by atomic mass is 35.5. The van der Waals surface area contributed by atoms with Gasteiger partial charge in [-0.15, -0.1) is 0 Å². The monoisotopic (exact) mass is 254 g/mol. The molecule has 0 saturated carbocycles. The highest BCUT2D eigenvalue weighted by Crippen LogP contribution is 2.32. The smallest absolute Gasteiger partial charge is 0.115 e. The van der Waals surface area contributed by atoms with Gasteiger partial charge in [0, 0.05) is 10.4 Å². The zero-order valence-corrected chi connectivity index (χ0v) is 10.4. The Morgan fingerprint density at radius 3 is 2.17 bits per heavy atom. The van der Waals surface area contributed by atoms with Gasteiger partial charge in [-0.05, 0) is 34.7 Å². The lowest BCUT2D eigenvalue weighted by Gasteiger charge is -2.08. The van der Waals surface area contributed by atoms with Crippen LogP contribution >= 0.6 is 11.6 Å². The summed E-state index contributed by atoms with van der Waals surface area (Å²) in [7, 11) is 0. The Hall–Kier alpha value is -1.99. The fourth-order valence-corrected chi connectivity index (χ4v) is 2.40. The molecule has 0 radical (unpaired) electrons. The van der Waals surface area contributed by atoms with E-state index < -0.39 is 0 Å². The summed E-state index contributed by atoms with van der Waals surface area (Å²) >= 11 is 6.20. The Labute approximate surface area is 110 Å². The van der Waals surface area contributed by atoms with E-state index in [0.29, 0.717) is 0 Å². The van der Waals surface area contributed by atoms with E-state index in [2.05, 4.69) is 12.1 Å². The zero-order chi connectivity index (χ0) is 12.5. The Morgan fingerprint density at radius 1 is 0.722 bits per heavy atom. The number of phenolic OH excluding ortho intramolecular Hbond substituents is 1. The molecule has 18 heavy (non-hydrogen) atoms. The van der Waals surface area contributed by atoms with Crippen molar-refractivity contribution in [1.82, 2.24) is 0 Å². The number of rotatable bonds is 1. The summed E-state index contributed by atoms with van der Waals surface area (Å²) < 4.78 is 0. The molecule has 0 aliphatic carbocycles. The number of hydrogen-bond donors (Lipinski definition) is 1. The number of hydrogen-bond acceptors (Lipinski definition) is 1. The fourth-order valence-electron chi connectivity index (χ4n) is 2.16. The number of benzene rings is 3. The third kappa shape index (κ3) is 1.83. The molecule has 3 aromatic rings. The van der Waals surface area contributed by atoms with Crippen LogP contribution in [0.2, 0.25) is 5.02 Å². The molecule has 2 heteroatoms. The largest absolute Gasteiger partial charge is 0.508 e. The summed E-state index contributed by atoms with van der Waals surface area (Å²) in [6.45, 7) is 0. The zero-order valence-electron chi connectivity index (χ0n) is 9.60. The Balaban J connectivity index is 2.29. The quantitative estimate of drug-likeness (QED) is 0.657. The number of halogens is 1. The lowest BCUT2D eigenvalue weighted by molar-refractivity contribution is 0.475. The summed E-state index contributed by atoms with van der Waals surface area (Å²) in [5.74, 6) is 0.275. The minimum atomic E-state index is 0.275. The summed E-state index contributed by atoms with van der Waals surface area (Å²) in [5, 5.41) is 12.3. The van der Waals surface area contributed by atoms with Crippen molar-refractivity contribution in [2.24, 2.45) is 0 Å². The van der Waals surface area contributed by atoms with Gasteiger partial charge < -0.3 is 5.11 Å². The van der Waals surface area contributed by atoms with Crippen molar-refractivity contribution in [3.05, 3.63) is 65.7 Å². The first-order valence-corrected chi connectivity index (χ1v) is 6.10. The van der Waals surface area contributed by atoms with E-state index in [1.165, 1.54) is 0 Å². The molecule has 0 amide bonds. The molecular weight excluding hydrogens is 244 g/mol. The highest BCUT2D eigenvalue weighted by molar-refractivity contribution is 6.35. The molecule has 0 saturated heterocycles. The molecule has 0 heterocycles. The van der Waals surface area contributed by atoms with Crippen LogP contribution in [0.15, 0.2) is 60.7 Å². The van der Waals surface area contributed by atoms with Crippen molar-refractivity contribution < 1.29 is 5.11 Å². The van der Waals surface area contributed by atoms with Crippen LogP contribution in [0.4, 0.5) is 0 Å². The summed E-state index contributed by atoms with van der Waals surface area (Å²) in [5.41, 5.74) is 2.19. The van der Waals surface area contributed by atoms with Gasteiger partial charge in [0.05, 0.1) is 0 Å². The normalized spacial score (nSPS) is 10.7. The minimum Gasteiger partial charge on any atom is -0.508 e. The number of aromatic hydroxyl groups is 1. The molecule has 0 fully saturated rings. The van der Waals surface area contributed by atoms with E-state index >= 15 is 0 Å². The lowest BCUT2D eigenvalue weighted by Crippen LogP contribution is -1.81. The SMILES string of the molecule is Oc1ccc(-c2cccc3c(Cl)cccc23)cc1. The third-order valence-electron chi connectivity index (χ3n) is 3.05. The van der Waals surface area contributed by atoms with Crippen LogP contribution in [0.3, 0.4) is 0 Å². The van der Waals surface area contributed by atoms with Gasteiger partial charge in [-0.2, -0.15) is 0 Å². The minimum absolute atomic E-state index is 0.275. The van der Waals surface area contributed by atoms with Crippen LogP contribution in [-0.2, 0) is 0 Å². The summed E-state index contributed by atoms with van der Waals surface area (Å²) in [6.07, 6.45) is 0. The molecule has 0 bridgehead atoms. The molecule has 3 rings (SSSR count).